The molecule has 0 radical (unpaired) electrons. The fraction of sp³-hybridized carbons (Fsp3) is 0.593. The number of hydrogen-bond acceptors (Lipinski definition) is 4. The predicted octanol–water partition coefficient (Wildman–Crippen LogP) is 5.93. The van der Waals surface area contributed by atoms with Crippen LogP contribution >= 0.6 is 9.41 Å². The Balaban J connectivity index is 1.27. The van der Waals surface area contributed by atoms with Crippen LogP contribution in [0.2, 0.25) is 0 Å². The second kappa shape index (κ2) is 8.95. The van der Waals surface area contributed by atoms with E-state index in [1.807, 2.05) is 12.1 Å². The third kappa shape index (κ3) is 3.84. The minimum absolute atomic E-state index is 0.0145. The number of aliphatic hydroxyl groups is 1. The first-order chi connectivity index (χ1) is 16.0. The van der Waals surface area contributed by atoms with Crippen molar-refractivity contribution in [3.05, 3.63) is 53.2 Å². The van der Waals surface area contributed by atoms with E-state index in [4.69, 9.17) is 10.5 Å². The van der Waals surface area contributed by atoms with Crippen LogP contribution in [0.5, 0.6) is 11.6 Å². The van der Waals surface area contributed by atoms with Crippen LogP contribution in [0.15, 0.2) is 36.5 Å². The zero-order valence-electron chi connectivity index (χ0n) is 20.2. The Bertz CT molecular complexity index is 970. The molecule has 1 N–H and O–H groups in total. The molecule has 32 heavy (non-hydrogen) atoms. The molecule has 2 fully saturated rings. The minimum atomic E-state index is -0.248. The standard InChI is InChI=1S/C27H36NO3P/c1-17-13-19-14-21(31-32)5-6-22(19)23-9-11-27(2)20(4-7-24(27)26(17)23)10-12-30-25-8-3-18(16-29)15-28-25/h3,5-6,8,14-15,17,20,23-24,26,29H,4,7,9-13,16,32H2,1-2H3/t17-,20-,23?,24?,26?,27-/m1/s1/i32T/t17-,20-,23?,24?,26?,27-,32?. The number of aliphatic hydroxyl groups excluding tert-OH is 1. The lowest BCUT2D eigenvalue weighted by atomic mass is 9.51. The van der Waals surface area contributed by atoms with Gasteiger partial charge in [-0.15, -0.1) is 0 Å². The second-order valence-electron chi connectivity index (χ2n) is 10.6. The maximum atomic E-state index is 9.18. The molecule has 4 unspecified atom stereocenters. The minimum Gasteiger partial charge on any atom is -0.480 e. The molecular formula is C27H36NO3P. The molecule has 1 aromatic heterocycles. The summed E-state index contributed by atoms with van der Waals surface area (Å²) in [5, 5.41) is 9.18. The van der Waals surface area contributed by atoms with Crippen LogP contribution in [-0.4, -0.2) is 18.0 Å². The van der Waals surface area contributed by atoms with Gasteiger partial charge in [-0.1, -0.05) is 19.9 Å². The van der Waals surface area contributed by atoms with Crippen molar-refractivity contribution in [3.63, 3.8) is 0 Å². The van der Waals surface area contributed by atoms with Crippen molar-refractivity contribution in [2.24, 2.45) is 29.1 Å². The SMILES string of the molecule is [3H]POc1ccc2c(c1)C[C@@H](C)C1C2CC[C@@]2(C)C1CC[C@@H]2CCOc1ccc(CO)cn1. The highest BCUT2D eigenvalue weighted by atomic mass is 31.0. The number of rotatable bonds is 7. The summed E-state index contributed by atoms with van der Waals surface area (Å²) < 4.78 is 18.9. The highest BCUT2D eigenvalue weighted by molar-refractivity contribution is 7.10. The maximum absolute atomic E-state index is 9.18. The van der Waals surface area contributed by atoms with Crippen LogP contribution in [0.25, 0.3) is 0 Å². The van der Waals surface area contributed by atoms with Gasteiger partial charge >= 0.3 is 0 Å². The fourth-order valence-electron chi connectivity index (χ4n) is 7.50. The molecule has 7 atom stereocenters. The topological polar surface area (TPSA) is 51.6 Å². The summed E-state index contributed by atoms with van der Waals surface area (Å²) in [6.45, 7) is 5.75. The average Bonchev–Trinajstić information content (AvgIpc) is 3.15. The van der Waals surface area contributed by atoms with Crippen molar-refractivity contribution >= 4 is 9.41 Å². The van der Waals surface area contributed by atoms with Crippen LogP contribution in [0.1, 0.15) is 68.6 Å². The van der Waals surface area contributed by atoms with E-state index in [1.54, 1.807) is 11.8 Å². The van der Waals surface area contributed by atoms with E-state index < -0.39 is 0 Å². The molecule has 3 aliphatic rings. The summed E-state index contributed by atoms with van der Waals surface area (Å²) in [5.74, 6) is 5.13. The molecule has 0 bridgehead atoms. The highest BCUT2D eigenvalue weighted by Crippen LogP contribution is 2.64. The maximum Gasteiger partial charge on any atom is 0.213 e. The van der Waals surface area contributed by atoms with Gasteiger partial charge in [0.05, 0.1) is 23.9 Å². The Labute approximate surface area is 195 Å². The van der Waals surface area contributed by atoms with Crippen LogP contribution in [0.4, 0.5) is 0 Å². The van der Waals surface area contributed by atoms with Crippen molar-refractivity contribution in [2.45, 2.75) is 64.9 Å². The second-order valence-corrected chi connectivity index (χ2v) is 10.8. The Morgan fingerprint density at radius 2 is 2.16 bits per heavy atom. The highest BCUT2D eigenvalue weighted by Gasteiger charge is 2.55. The summed E-state index contributed by atoms with van der Waals surface area (Å²) >= 11 is 0. The Kier molecular flexibility index (Phi) is 5.86. The van der Waals surface area contributed by atoms with Gasteiger partial charge in [0, 0.05) is 12.3 Å². The Morgan fingerprint density at radius 1 is 1.25 bits per heavy atom. The van der Waals surface area contributed by atoms with Gasteiger partial charge < -0.3 is 14.4 Å². The van der Waals surface area contributed by atoms with Crippen molar-refractivity contribution in [3.8, 4) is 11.6 Å². The first-order valence-electron chi connectivity index (χ1n) is 12.7. The van der Waals surface area contributed by atoms with Crippen LogP contribution in [-0.2, 0) is 13.0 Å². The zero-order chi connectivity index (χ0) is 23.0. The summed E-state index contributed by atoms with van der Waals surface area (Å²) in [7, 11) is -0.248. The van der Waals surface area contributed by atoms with Gasteiger partial charge in [0.15, 0.2) is 0 Å². The molecule has 2 aromatic rings. The molecule has 0 amide bonds. The molecule has 1 aromatic carbocycles. The van der Waals surface area contributed by atoms with Crippen molar-refractivity contribution in [1.82, 2.24) is 4.98 Å². The van der Waals surface area contributed by atoms with E-state index in [-0.39, 0.29) is 16.0 Å². The molecule has 0 spiro atoms. The molecule has 1 heterocycles. The predicted molar refractivity (Wildman–Crippen MR) is 130 cm³/mol. The van der Waals surface area contributed by atoms with Gasteiger partial charge in [0.25, 0.3) is 0 Å². The van der Waals surface area contributed by atoms with E-state index >= 15 is 0 Å². The fourth-order valence-corrected chi connectivity index (χ4v) is 7.62. The normalized spacial score (nSPS) is 34.0. The summed E-state index contributed by atoms with van der Waals surface area (Å²) in [6.07, 6.45) is 9.13. The molecular weight excluding hydrogens is 417 g/mol. The lowest BCUT2D eigenvalue weighted by Crippen LogP contribution is -2.45. The van der Waals surface area contributed by atoms with Gasteiger partial charge in [-0.05, 0) is 108 Å². The van der Waals surface area contributed by atoms with Gasteiger partial charge in [-0.2, -0.15) is 0 Å². The van der Waals surface area contributed by atoms with Crippen molar-refractivity contribution in [1.29, 1.82) is 1.28 Å². The lowest BCUT2D eigenvalue weighted by Gasteiger charge is -2.53. The molecule has 2 saturated carbocycles. The van der Waals surface area contributed by atoms with E-state index in [2.05, 4.69) is 37.0 Å². The number of benzene rings is 1. The van der Waals surface area contributed by atoms with Crippen LogP contribution in [0.3, 0.4) is 0 Å². The van der Waals surface area contributed by atoms with Crippen LogP contribution < -0.4 is 9.26 Å². The van der Waals surface area contributed by atoms with Gasteiger partial charge in [-0.3, -0.25) is 0 Å². The van der Waals surface area contributed by atoms with Gasteiger partial charge in [0.2, 0.25) is 5.88 Å². The largest absolute Gasteiger partial charge is 0.480 e. The smallest absolute Gasteiger partial charge is 0.213 e. The zero-order valence-corrected chi connectivity index (χ0v) is 20.2. The molecule has 172 valence electrons. The molecule has 4 nitrogen and oxygen atoms in total. The summed E-state index contributed by atoms with van der Waals surface area (Å²) in [5.41, 5.74) is 4.21. The number of pyridine rings is 1. The summed E-state index contributed by atoms with van der Waals surface area (Å²) in [6, 6.07) is 10.3. The number of aromatic nitrogens is 1. The Morgan fingerprint density at radius 3 is 2.94 bits per heavy atom. The molecule has 5 rings (SSSR count). The van der Waals surface area contributed by atoms with Crippen molar-refractivity contribution < 1.29 is 14.4 Å². The van der Waals surface area contributed by atoms with Gasteiger partial charge in [-0.25, -0.2) is 4.98 Å². The van der Waals surface area contributed by atoms with Gasteiger partial charge in [0.1, 0.15) is 5.75 Å². The molecule has 0 saturated heterocycles. The number of hydrogen-bond donors (Lipinski definition) is 1. The third-order valence-electron chi connectivity index (χ3n) is 9.06. The van der Waals surface area contributed by atoms with E-state index in [0.717, 1.165) is 36.0 Å². The lowest BCUT2D eigenvalue weighted by molar-refractivity contribution is 0.000818. The average molecular weight is 456 g/mol. The third-order valence-corrected chi connectivity index (χ3v) is 9.29. The number of fused-ring (bicyclic) bond motifs is 5. The summed E-state index contributed by atoms with van der Waals surface area (Å²) in [4.78, 5) is 4.31. The molecule has 3 aliphatic carbocycles. The van der Waals surface area contributed by atoms with Crippen LogP contribution in [0, 0.1) is 29.1 Å². The first-order valence-corrected chi connectivity index (χ1v) is 12.6. The van der Waals surface area contributed by atoms with E-state index in [9.17, 15) is 5.11 Å². The number of ether oxygens (including phenoxy) is 1. The quantitative estimate of drug-likeness (QED) is 0.526. The van der Waals surface area contributed by atoms with Crippen molar-refractivity contribution in [2.75, 3.05) is 6.61 Å². The first kappa shape index (κ1) is 20.9. The monoisotopic (exact) mass is 455 g/mol. The Hall–Kier alpha value is -1.64. The molecule has 5 heteroatoms. The van der Waals surface area contributed by atoms with E-state index in [0.29, 0.717) is 35.7 Å². The molecule has 0 aliphatic heterocycles. The van der Waals surface area contributed by atoms with E-state index in [1.165, 1.54) is 31.2 Å². The number of nitrogens with zero attached hydrogens (tertiary/aromatic N) is 1.